The topological polar surface area (TPSA) is 161 Å². The predicted octanol–water partition coefficient (Wildman–Crippen LogP) is 1.37. The number of hydrogen-bond acceptors (Lipinski definition) is 11. The quantitative estimate of drug-likeness (QED) is 0.204. The number of carbonyl (C=O) groups is 5. The fourth-order valence-electron chi connectivity index (χ4n) is 2.41. The van der Waals surface area contributed by atoms with Gasteiger partial charge in [0, 0.05) is 5.57 Å². The molecule has 33 heavy (non-hydrogen) atoms. The summed E-state index contributed by atoms with van der Waals surface area (Å²) in [5.41, 5.74) is -0.600. The van der Waals surface area contributed by atoms with Gasteiger partial charge >= 0.3 is 30.0 Å². The van der Waals surface area contributed by atoms with Crippen LogP contribution in [0.25, 0.3) is 0 Å². The van der Waals surface area contributed by atoms with Crippen molar-refractivity contribution in [1.82, 2.24) is 0 Å². The maximum Gasteiger partial charge on any atom is 0.508 e. The highest BCUT2D eigenvalue weighted by Gasteiger charge is 2.27. The number of esters is 3. The Morgan fingerprint density at radius 2 is 1.73 bits per heavy atom. The van der Waals surface area contributed by atoms with Crippen LogP contribution in [0.5, 0.6) is 0 Å². The average Bonchev–Trinajstić information content (AvgIpc) is 3.20. The molecule has 0 saturated carbocycles. The number of ether oxygens (including phenoxy) is 6. The lowest BCUT2D eigenvalue weighted by atomic mass is 10.0. The zero-order valence-corrected chi connectivity index (χ0v) is 17.7. The summed E-state index contributed by atoms with van der Waals surface area (Å²) in [6.07, 6.45) is -1.67. The van der Waals surface area contributed by atoms with E-state index in [1.165, 1.54) is 13.0 Å². The molecule has 0 bridgehead atoms. The fourth-order valence-corrected chi connectivity index (χ4v) is 2.41. The molecule has 1 saturated heterocycles. The van der Waals surface area contributed by atoms with Crippen molar-refractivity contribution in [3.63, 3.8) is 0 Å². The summed E-state index contributed by atoms with van der Waals surface area (Å²) in [6, 6.07) is 3.31. The van der Waals surface area contributed by atoms with E-state index in [1.54, 1.807) is 0 Å². The molecule has 12 heteroatoms. The molecule has 1 fully saturated rings. The van der Waals surface area contributed by atoms with Crippen LogP contribution in [0.3, 0.4) is 0 Å². The smallest absolute Gasteiger partial charge is 0.478 e. The number of carboxylic acid groups (broad SMARTS) is 1. The molecular formula is C21H22O12. The second kappa shape index (κ2) is 12.2. The van der Waals surface area contributed by atoms with E-state index in [1.807, 2.05) is 0 Å². The number of carbonyl (C=O) groups excluding carboxylic acids is 4. The first-order valence-electron chi connectivity index (χ1n) is 9.64. The van der Waals surface area contributed by atoms with Crippen LogP contribution >= 0.6 is 0 Å². The Morgan fingerprint density at radius 3 is 2.33 bits per heavy atom. The molecule has 0 aliphatic carbocycles. The Morgan fingerprint density at radius 1 is 1.03 bits per heavy atom. The molecule has 2 rings (SSSR count). The number of aromatic carboxylic acids is 1. The molecule has 1 aliphatic rings. The van der Waals surface area contributed by atoms with Crippen molar-refractivity contribution >= 4 is 30.0 Å². The first-order valence-corrected chi connectivity index (χ1v) is 9.64. The van der Waals surface area contributed by atoms with Crippen molar-refractivity contribution in [2.24, 2.45) is 0 Å². The van der Waals surface area contributed by atoms with E-state index in [-0.39, 0.29) is 56.3 Å². The van der Waals surface area contributed by atoms with Gasteiger partial charge in [-0.15, -0.1) is 0 Å². The number of hydrogen-bond donors (Lipinski definition) is 1. The molecule has 0 aromatic heterocycles. The molecule has 1 unspecified atom stereocenters. The average molecular weight is 466 g/mol. The zero-order valence-electron chi connectivity index (χ0n) is 17.7. The van der Waals surface area contributed by atoms with Crippen LogP contribution in [-0.2, 0) is 33.2 Å². The SMILES string of the molecule is C=C(C)C(=O)OCCOCCOC(=O)c1ccc(C(=O)OCC2COC(=O)O2)c(C(=O)O)c1. The van der Waals surface area contributed by atoms with E-state index in [9.17, 15) is 29.1 Å². The van der Waals surface area contributed by atoms with E-state index in [4.69, 9.17) is 23.7 Å². The highest BCUT2D eigenvalue weighted by atomic mass is 16.8. The summed E-state index contributed by atoms with van der Waals surface area (Å²) in [5, 5.41) is 9.39. The van der Waals surface area contributed by atoms with Gasteiger partial charge in [-0.2, -0.15) is 0 Å². The maximum absolute atomic E-state index is 12.2. The number of cyclic esters (lactones) is 2. The maximum atomic E-state index is 12.2. The largest absolute Gasteiger partial charge is 0.508 e. The van der Waals surface area contributed by atoms with Crippen LogP contribution in [-0.4, -0.2) is 80.9 Å². The standard InChI is InChI=1S/C21H22O12/c1-12(2)18(24)29-7-5-28-6-8-30-19(25)13-3-4-15(16(9-13)17(22)23)20(26)31-10-14-11-32-21(27)33-14/h3-4,9,14H,1,5-8,10-11H2,2H3,(H,22,23). The van der Waals surface area contributed by atoms with Crippen LogP contribution < -0.4 is 0 Å². The van der Waals surface area contributed by atoms with Crippen molar-refractivity contribution in [3.05, 3.63) is 47.0 Å². The third-order valence-corrected chi connectivity index (χ3v) is 4.03. The van der Waals surface area contributed by atoms with Gasteiger partial charge in [0.1, 0.15) is 26.4 Å². The van der Waals surface area contributed by atoms with Gasteiger partial charge in [-0.05, 0) is 25.1 Å². The first-order chi connectivity index (χ1) is 15.7. The van der Waals surface area contributed by atoms with Gasteiger partial charge in [0.05, 0.1) is 29.9 Å². The van der Waals surface area contributed by atoms with Gasteiger partial charge in [0.25, 0.3) is 0 Å². The molecule has 1 aromatic rings. The molecule has 1 atom stereocenters. The second-order valence-corrected chi connectivity index (χ2v) is 6.63. The molecule has 1 aromatic carbocycles. The van der Waals surface area contributed by atoms with Gasteiger partial charge in [-0.1, -0.05) is 6.58 Å². The van der Waals surface area contributed by atoms with Crippen LogP contribution in [0.4, 0.5) is 4.79 Å². The summed E-state index contributed by atoms with van der Waals surface area (Å²) in [5.74, 6) is -3.80. The summed E-state index contributed by atoms with van der Waals surface area (Å²) >= 11 is 0. The lowest BCUT2D eigenvalue weighted by Gasteiger charge is -2.11. The summed E-state index contributed by atoms with van der Waals surface area (Å²) in [6.45, 7) is 4.51. The van der Waals surface area contributed by atoms with Gasteiger partial charge in [0.2, 0.25) is 0 Å². The Kier molecular flexibility index (Phi) is 9.36. The number of benzene rings is 1. The fraction of sp³-hybridized carbons (Fsp3) is 0.381. The lowest BCUT2D eigenvalue weighted by molar-refractivity contribution is -0.140. The highest BCUT2D eigenvalue weighted by Crippen LogP contribution is 2.16. The zero-order chi connectivity index (χ0) is 24.4. The van der Waals surface area contributed by atoms with Crippen molar-refractivity contribution < 1.29 is 57.5 Å². The molecular weight excluding hydrogens is 444 g/mol. The van der Waals surface area contributed by atoms with Crippen LogP contribution in [0, 0.1) is 0 Å². The third-order valence-electron chi connectivity index (χ3n) is 4.03. The Bertz CT molecular complexity index is 935. The van der Waals surface area contributed by atoms with Gasteiger partial charge in [-0.25, -0.2) is 24.0 Å². The highest BCUT2D eigenvalue weighted by molar-refractivity contribution is 6.04. The van der Waals surface area contributed by atoms with E-state index in [2.05, 4.69) is 11.3 Å². The first kappa shape index (κ1) is 25.3. The van der Waals surface area contributed by atoms with E-state index < -0.39 is 41.7 Å². The van der Waals surface area contributed by atoms with Crippen molar-refractivity contribution in [2.75, 3.05) is 39.6 Å². The molecule has 0 amide bonds. The number of rotatable bonds is 12. The summed E-state index contributed by atoms with van der Waals surface area (Å²) in [4.78, 5) is 58.0. The normalized spacial score (nSPS) is 14.6. The predicted molar refractivity (Wildman–Crippen MR) is 107 cm³/mol. The van der Waals surface area contributed by atoms with Gasteiger partial charge in [0.15, 0.2) is 6.10 Å². The molecule has 178 valence electrons. The van der Waals surface area contributed by atoms with Crippen LogP contribution in [0.1, 0.15) is 38.0 Å². The Hall–Kier alpha value is -3.93. The molecule has 1 heterocycles. The minimum atomic E-state index is -1.46. The Labute approximate surface area is 187 Å². The summed E-state index contributed by atoms with van der Waals surface area (Å²) in [7, 11) is 0. The van der Waals surface area contributed by atoms with Crippen LogP contribution in [0.2, 0.25) is 0 Å². The third kappa shape index (κ3) is 7.92. The van der Waals surface area contributed by atoms with Crippen molar-refractivity contribution in [1.29, 1.82) is 0 Å². The Balaban J connectivity index is 1.83. The monoisotopic (exact) mass is 466 g/mol. The summed E-state index contributed by atoms with van der Waals surface area (Å²) < 4.78 is 29.2. The van der Waals surface area contributed by atoms with Crippen LogP contribution in [0.15, 0.2) is 30.4 Å². The molecule has 12 nitrogen and oxygen atoms in total. The van der Waals surface area contributed by atoms with Crippen molar-refractivity contribution in [3.8, 4) is 0 Å². The van der Waals surface area contributed by atoms with Crippen molar-refractivity contribution in [2.45, 2.75) is 13.0 Å². The second-order valence-electron chi connectivity index (χ2n) is 6.63. The minimum absolute atomic E-state index is 0.00930. The van der Waals surface area contributed by atoms with Gasteiger partial charge < -0.3 is 33.5 Å². The van der Waals surface area contributed by atoms with E-state index in [0.717, 1.165) is 12.1 Å². The van der Waals surface area contributed by atoms with E-state index in [0.29, 0.717) is 0 Å². The molecule has 1 aliphatic heterocycles. The van der Waals surface area contributed by atoms with E-state index >= 15 is 0 Å². The van der Waals surface area contributed by atoms with Gasteiger partial charge in [-0.3, -0.25) is 0 Å². The molecule has 0 radical (unpaired) electrons. The molecule has 0 spiro atoms. The molecule has 1 N–H and O–H groups in total. The lowest BCUT2D eigenvalue weighted by Crippen LogP contribution is -2.22. The number of carboxylic acids is 1. The minimum Gasteiger partial charge on any atom is -0.478 e.